The van der Waals surface area contributed by atoms with Gasteiger partial charge in [-0.15, -0.1) is 0 Å². The Kier molecular flexibility index (Phi) is 4.91. The van der Waals surface area contributed by atoms with Gasteiger partial charge in [-0.1, -0.05) is 26.3 Å². The number of rotatable bonds is 4. The molecule has 0 spiro atoms. The summed E-state index contributed by atoms with van der Waals surface area (Å²) in [5.74, 6) is 0.296. The van der Waals surface area contributed by atoms with Crippen LogP contribution >= 0.6 is 0 Å². The van der Waals surface area contributed by atoms with Gasteiger partial charge in [0.15, 0.2) is 5.78 Å². The number of ketones is 1. The lowest BCUT2D eigenvalue weighted by molar-refractivity contribution is -0.115. The lowest BCUT2D eigenvalue weighted by Crippen LogP contribution is -1.99. The highest BCUT2D eigenvalue weighted by atomic mass is 16.1. The molecule has 0 fully saturated rings. The van der Waals surface area contributed by atoms with Crippen LogP contribution in [0.15, 0.2) is 11.6 Å². The summed E-state index contributed by atoms with van der Waals surface area (Å²) in [5.41, 5.74) is 0.991. The maximum atomic E-state index is 11.1. The van der Waals surface area contributed by atoms with Crippen molar-refractivity contribution < 1.29 is 4.79 Å². The van der Waals surface area contributed by atoms with E-state index in [0.29, 0.717) is 12.2 Å². The smallest absolute Gasteiger partial charge is 0.158 e. The van der Waals surface area contributed by atoms with Crippen molar-refractivity contribution in [3.8, 4) is 0 Å². The second kappa shape index (κ2) is 5.21. The standard InChI is InChI=1S/C9H16O/c1-4-7-8(5-2)9(10)6-3/h5H,4,6-7H2,1-3H3/b8-5+. The van der Waals surface area contributed by atoms with E-state index in [4.69, 9.17) is 0 Å². The van der Waals surface area contributed by atoms with Crippen LogP contribution in [0.2, 0.25) is 0 Å². The molecule has 0 heterocycles. The third kappa shape index (κ3) is 2.81. The third-order valence-electron chi connectivity index (χ3n) is 1.55. The summed E-state index contributed by atoms with van der Waals surface area (Å²) >= 11 is 0. The van der Waals surface area contributed by atoms with Gasteiger partial charge < -0.3 is 0 Å². The Balaban J connectivity index is 3.95. The predicted molar refractivity (Wildman–Crippen MR) is 44.0 cm³/mol. The van der Waals surface area contributed by atoms with Gasteiger partial charge in [0, 0.05) is 6.42 Å². The highest BCUT2D eigenvalue weighted by molar-refractivity contribution is 5.94. The van der Waals surface area contributed by atoms with Crippen LogP contribution in [0, 0.1) is 0 Å². The van der Waals surface area contributed by atoms with Crippen molar-refractivity contribution in [3.63, 3.8) is 0 Å². The zero-order valence-corrected chi connectivity index (χ0v) is 7.11. The van der Waals surface area contributed by atoms with Gasteiger partial charge in [0.2, 0.25) is 0 Å². The third-order valence-corrected chi connectivity index (χ3v) is 1.55. The van der Waals surface area contributed by atoms with Crippen LogP contribution in [0.4, 0.5) is 0 Å². The molecule has 0 aromatic carbocycles. The summed E-state index contributed by atoms with van der Waals surface area (Å²) in [6, 6.07) is 0. The van der Waals surface area contributed by atoms with Crippen LogP contribution in [-0.2, 0) is 4.79 Å². The fraction of sp³-hybridized carbons (Fsp3) is 0.667. The molecule has 0 aliphatic heterocycles. The molecule has 0 rings (SSSR count). The molecule has 0 amide bonds. The Morgan fingerprint density at radius 1 is 1.40 bits per heavy atom. The summed E-state index contributed by atoms with van der Waals surface area (Å²) < 4.78 is 0. The molecule has 0 N–H and O–H groups in total. The van der Waals surface area contributed by atoms with Gasteiger partial charge in [0.25, 0.3) is 0 Å². The van der Waals surface area contributed by atoms with E-state index in [9.17, 15) is 4.79 Å². The number of hydrogen-bond acceptors (Lipinski definition) is 1. The van der Waals surface area contributed by atoms with Crippen molar-refractivity contribution in [2.75, 3.05) is 0 Å². The van der Waals surface area contributed by atoms with E-state index < -0.39 is 0 Å². The zero-order chi connectivity index (χ0) is 7.98. The highest BCUT2D eigenvalue weighted by Crippen LogP contribution is 2.07. The molecule has 0 atom stereocenters. The topological polar surface area (TPSA) is 17.1 Å². The van der Waals surface area contributed by atoms with Crippen molar-refractivity contribution in [3.05, 3.63) is 11.6 Å². The minimum Gasteiger partial charge on any atom is -0.295 e. The van der Waals surface area contributed by atoms with Crippen LogP contribution < -0.4 is 0 Å². The van der Waals surface area contributed by atoms with E-state index in [2.05, 4.69) is 6.92 Å². The molecule has 58 valence electrons. The number of Topliss-reactive ketones (excluding diaryl/α,β-unsaturated/α-hetero) is 1. The molecule has 0 unspecified atom stereocenters. The van der Waals surface area contributed by atoms with Crippen molar-refractivity contribution in [1.29, 1.82) is 0 Å². The normalized spacial score (nSPS) is 11.7. The van der Waals surface area contributed by atoms with Crippen molar-refractivity contribution in [1.82, 2.24) is 0 Å². The molecule has 0 saturated carbocycles. The van der Waals surface area contributed by atoms with Crippen LogP contribution in [0.3, 0.4) is 0 Å². The van der Waals surface area contributed by atoms with Crippen molar-refractivity contribution >= 4 is 5.78 Å². The average Bonchev–Trinajstić information content (AvgIpc) is 1.99. The first-order chi connectivity index (χ1) is 4.76. The molecule has 1 heteroatoms. The Morgan fingerprint density at radius 3 is 2.30 bits per heavy atom. The van der Waals surface area contributed by atoms with Crippen molar-refractivity contribution in [2.45, 2.75) is 40.0 Å². The SMILES string of the molecule is C/C=C(\CCC)C(=O)CC. The largest absolute Gasteiger partial charge is 0.295 e. The molecule has 0 aliphatic rings. The van der Waals surface area contributed by atoms with Crippen molar-refractivity contribution in [2.24, 2.45) is 0 Å². The molecule has 0 aliphatic carbocycles. The molecule has 0 radical (unpaired) electrons. The average molecular weight is 140 g/mol. The van der Waals surface area contributed by atoms with Crippen LogP contribution in [0.1, 0.15) is 40.0 Å². The van der Waals surface area contributed by atoms with E-state index >= 15 is 0 Å². The molecule has 0 aromatic rings. The zero-order valence-electron chi connectivity index (χ0n) is 7.11. The van der Waals surface area contributed by atoms with Gasteiger partial charge in [0.05, 0.1) is 0 Å². The minimum atomic E-state index is 0.296. The Morgan fingerprint density at radius 2 is 2.00 bits per heavy atom. The fourth-order valence-electron chi connectivity index (χ4n) is 0.941. The summed E-state index contributed by atoms with van der Waals surface area (Å²) in [6.45, 7) is 5.92. The number of carbonyl (C=O) groups is 1. The number of carbonyl (C=O) groups excluding carboxylic acids is 1. The first kappa shape index (κ1) is 9.41. The predicted octanol–water partition coefficient (Wildman–Crippen LogP) is 2.71. The molecule has 1 nitrogen and oxygen atoms in total. The quantitative estimate of drug-likeness (QED) is 0.549. The van der Waals surface area contributed by atoms with Gasteiger partial charge in [-0.05, 0) is 18.9 Å². The first-order valence-electron chi connectivity index (χ1n) is 3.94. The Hall–Kier alpha value is -0.590. The number of hydrogen-bond donors (Lipinski definition) is 0. The van der Waals surface area contributed by atoms with Gasteiger partial charge in [-0.25, -0.2) is 0 Å². The summed E-state index contributed by atoms with van der Waals surface area (Å²) in [7, 11) is 0. The lowest BCUT2D eigenvalue weighted by Gasteiger charge is -1.99. The Labute approximate surface area is 63.1 Å². The van der Waals surface area contributed by atoms with Gasteiger partial charge in [0.1, 0.15) is 0 Å². The molecule has 0 bridgehead atoms. The maximum Gasteiger partial charge on any atom is 0.158 e. The summed E-state index contributed by atoms with van der Waals surface area (Å²) in [5, 5.41) is 0. The lowest BCUT2D eigenvalue weighted by atomic mass is 10.0. The van der Waals surface area contributed by atoms with E-state index in [1.54, 1.807) is 0 Å². The maximum absolute atomic E-state index is 11.1. The molecule has 10 heavy (non-hydrogen) atoms. The van der Waals surface area contributed by atoms with E-state index in [1.807, 2.05) is 19.9 Å². The van der Waals surface area contributed by atoms with E-state index in [-0.39, 0.29) is 0 Å². The molecular formula is C9H16O. The highest BCUT2D eigenvalue weighted by Gasteiger charge is 2.02. The summed E-state index contributed by atoms with van der Waals surface area (Å²) in [6.07, 6.45) is 4.56. The van der Waals surface area contributed by atoms with Gasteiger partial charge >= 0.3 is 0 Å². The Bertz CT molecular complexity index is 134. The first-order valence-corrected chi connectivity index (χ1v) is 3.94. The molecular weight excluding hydrogens is 124 g/mol. The van der Waals surface area contributed by atoms with E-state index in [0.717, 1.165) is 18.4 Å². The van der Waals surface area contributed by atoms with Crippen LogP contribution in [0.25, 0.3) is 0 Å². The second-order valence-corrected chi connectivity index (χ2v) is 2.34. The summed E-state index contributed by atoms with van der Waals surface area (Å²) in [4.78, 5) is 11.1. The minimum absolute atomic E-state index is 0.296. The van der Waals surface area contributed by atoms with Gasteiger partial charge in [-0.3, -0.25) is 4.79 Å². The van der Waals surface area contributed by atoms with Crippen LogP contribution in [0.5, 0.6) is 0 Å². The van der Waals surface area contributed by atoms with E-state index in [1.165, 1.54) is 0 Å². The fourth-order valence-corrected chi connectivity index (χ4v) is 0.941. The molecule has 0 aromatic heterocycles. The van der Waals surface area contributed by atoms with Gasteiger partial charge in [-0.2, -0.15) is 0 Å². The second-order valence-electron chi connectivity index (χ2n) is 2.34. The molecule has 0 saturated heterocycles. The van der Waals surface area contributed by atoms with Crippen LogP contribution in [-0.4, -0.2) is 5.78 Å². The monoisotopic (exact) mass is 140 g/mol. The number of allylic oxidation sites excluding steroid dienone is 2.